The van der Waals surface area contributed by atoms with Crippen LogP contribution in [-0.4, -0.2) is 36.7 Å². The number of rotatable bonds is 9. The molecule has 0 spiro atoms. The first kappa shape index (κ1) is 14.0. The summed E-state index contributed by atoms with van der Waals surface area (Å²) in [6.45, 7) is 0.637. The average molecular weight is 243 g/mol. The molecule has 0 radical (unpaired) electrons. The summed E-state index contributed by atoms with van der Waals surface area (Å²) in [5.74, 6) is -0.610. The minimum absolute atomic E-state index is 0.172. The second-order valence-corrected chi connectivity index (χ2v) is 4.59. The zero-order valence-corrected chi connectivity index (χ0v) is 10.3. The smallest absolute Gasteiger partial charge is 0.326 e. The van der Waals surface area contributed by atoms with Crippen LogP contribution in [0, 0.1) is 5.92 Å². The van der Waals surface area contributed by atoms with Crippen LogP contribution in [-0.2, 0) is 14.3 Å². The summed E-state index contributed by atoms with van der Waals surface area (Å²) >= 11 is 0. The molecule has 0 saturated heterocycles. The number of carbonyl (C=O) groups is 2. The highest BCUT2D eigenvalue weighted by molar-refractivity contribution is 5.83. The van der Waals surface area contributed by atoms with Crippen LogP contribution in [0.3, 0.4) is 0 Å². The van der Waals surface area contributed by atoms with E-state index in [1.165, 1.54) is 0 Å². The molecule has 1 rings (SSSR count). The lowest BCUT2D eigenvalue weighted by Crippen LogP contribution is -2.41. The van der Waals surface area contributed by atoms with Crippen molar-refractivity contribution in [2.75, 3.05) is 13.7 Å². The fourth-order valence-electron chi connectivity index (χ4n) is 1.71. The largest absolute Gasteiger partial charge is 0.480 e. The van der Waals surface area contributed by atoms with E-state index in [1.54, 1.807) is 7.11 Å². The molecule has 1 saturated carbocycles. The van der Waals surface area contributed by atoms with Gasteiger partial charge >= 0.3 is 5.97 Å². The number of carboxylic acids is 1. The number of ether oxygens (including phenoxy) is 1. The number of nitrogens with one attached hydrogen (secondary N) is 1. The summed E-state index contributed by atoms with van der Waals surface area (Å²) in [5, 5.41) is 11.6. The van der Waals surface area contributed by atoms with E-state index >= 15 is 0 Å². The lowest BCUT2D eigenvalue weighted by atomic mass is 10.1. The number of methoxy groups -OCH3 is 1. The third kappa shape index (κ3) is 6.26. The topological polar surface area (TPSA) is 75.6 Å². The van der Waals surface area contributed by atoms with Gasteiger partial charge in [-0.25, -0.2) is 4.79 Å². The third-order valence-electron chi connectivity index (χ3n) is 2.90. The lowest BCUT2D eigenvalue weighted by molar-refractivity contribution is -0.142. The van der Waals surface area contributed by atoms with Gasteiger partial charge in [-0.1, -0.05) is 12.8 Å². The highest BCUT2D eigenvalue weighted by Gasteiger charge is 2.29. The zero-order valence-electron chi connectivity index (χ0n) is 10.3. The van der Waals surface area contributed by atoms with Gasteiger partial charge in [0.1, 0.15) is 6.04 Å². The predicted octanol–water partition coefficient (Wildman–Crippen LogP) is 1.17. The fraction of sp³-hybridized carbons (Fsp3) is 0.833. The standard InChI is InChI=1S/C12H21NO4/c1-17-7-3-2-4-11(14)13-10(12(15)16)8-9-5-6-9/h9-10H,2-8H2,1H3,(H,13,14)(H,15,16). The van der Waals surface area contributed by atoms with Crippen LogP contribution in [0.2, 0.25) is 0 Å². The lowest BCUT2D eigenvalue weighted by Gasteiger charge is -2.13. The van der Waals surface area contributed by atoms with Crippen molar-refractivity contribution in [3.63, 3.8) is 0 Å². The van der Waals surface area contributed by atoms with E-state index in [0.29, 0.717) is 25.4 Å². The summed E-state index contributed by atoms with van der Waals surface area (Å²) in [7, 11) is 1.62. The maximum Gasteiger partial charge on any atom is 0.326 e. The molecule has 1 amide bonds. The number of amides is 1. The van der Waals surface area contributed by atoms with Gasteiger partial charge in [-0.3, -0.25) is 4.79 Å². The van der Waals surface area contributed by atoms with Gasteiger partial charge in [-0.2, -0.15) is 0 Å². The van der Waals surface area contributed by atoms with Gasteiger partial charge in [0.25, 0.3) is 0 Å². The monoisotopic (exact) mass is 243 g/mol. The second-order valence-electron chi connectivity index (χ2n) is 4.59. The van der Waals surface area contributed by atoms with E-state index in [1.807, 2.05) is 0 Å². The minimum atomic E-state index is -0.929. The Labute approximate surface area is 102 Å². The Morgan fingerprint density at radius 1 is 1.41 bits per heavy atom. The molecule has 17 heavy (non-hydrogen) atoms. The predicted molar refractivity (Wildman–Crippen MR) is 62.6 cm³/mol. The Morgan fingerprint density at radius 2 is 2.12 bits per heavy atom. The van der Waals surface area contributed by atoms with Crippen LogP contribution in [0.4, 0.5) is 0 Å². The average Bonchev–Trinajstić information content (AvgIpc) is 3.07. The van der Waals surface area contributed by atoms with E-state index in [0.717, 1.165) is 25.7 Å². The molecule has 1 aliphatic carbocycles. The van der Waals surface area contributed by atoms with Crippen molar-refractivity contribution < 1.29 is 19.4 Å². The molecular formula is C12H21NO4. The molecule has 5 nitrogen and oxygen atoms in total. The zero-order chi connectivity index (χ0) is 12.7. The van der Waals surface area contributed by atoms with Crippen molar-refractivity contribution >= 4 is 11.9 Å². The normalized spacial score (nSPS) is 16.5. The summed E-state index contributed by atoms with van der Waals surface area (Å²) in [6, 6.07) is -0.711. The van der Waals surface area contributed by atoms with Crippen LogP contribution in [0.5, 0.6) is 0 Å². The SMILES string of the molecule is COCCCCC(=O)NC(CC1CC1)C(=O)O. The van der Waals surface area contributed by atoms with Gasteiger partial charge in [-0.15, -0.1) is 0 Å². The Kier molecular flexibility index (Phi) is 5.97. The molecule has 0 aromatic carbocycles. The van der Waals surface area contributed by atoms with Gasteiger partial charge in [0.15, 0.2) is 0 Å². The molecule has 0 heterocycles. The molecule has 1 unspecified atom stereocenters. The molecule has 1 atom stereocenters. The van der Waals surface area contributed by atoms with E-state index in [4.69, 9.17) is 9.84 Å². The summed E-state index contributed by atoms with van der Waals surface area (Å²) in [4.78, 5) is 22.4. The highest BCUT2D eigenvalue weighted by Crippen LogP contribution is 2.33. The fourth-order valence-corrected chi connectivity index (χ4v) is 1.71. The van der Waals surface area contributed by atoms with E-state index in [2.05, 4.69) is 5.32 Å². The number of unbranched alkanes of at least 4 members (excludes halogenated alkanes) is 1. The van der Waals surface area contributed by atoms with Crippen LogP contribution in [0.15, 0.2) is 0 Å². The molecule has 0 aromatic rings. The van der Waals surface area contributed by atoms with Crippen molar-refractivity contribution in [3.8, 4) is 0 Å². The molecule has 1 aliphatic rings. The van der Waals surface area contributed by atoms with Crippen LogP contribution < -0.4 is 5.32 Å². The van der Waals surface area contributed by atoms with Gasteiger partial charge < -0.3 is 15.2 Å². The second kappa shape index (κ2) is 7.27. The van der Waals surface area contributed by atoms with Crippen molar-refractivity contribution in [2.24, 2.45) is 5.92 Å². The molecule has 98 valence electrons. The Morgan fingerprint density at radius 3 is 2.65 bits per heavy atom. The summed E-state index contributed by atoms with van der Waals surface area (Å²) in [6.07, 6.45) is 4.68. The highest BCUT2D eigenvalue weighted by atomic mass is 16.5. The maximum atomic E-state index is 11.5. The molecule has 1 fully saturated rings. The summed E-state index contributed by atoms with van der Waals surface area (Å²) < 4.78 is 4.88. The summed E-state index contributed by atoms with van der Waals surface area (Å²) in [5.41, 5.74) is 0. The molecule has 0 aromatic heterocycles. The van der Waals surface area contributed by atoms with Crippen molar-refractivity contribution in [3.05, 3.63) is 0 Å². The van der Waals surface area contributed by atoms with E-state index < -0.39 is 12.0 Å². The van der Waals surface area contributed by atoms with Crippen LogP contribution in [0.1, 0.15) is 38.5 Å². The maximum absolute atomic E-state index is 11.5. The minimum Gasteiger partial charge on any atom is -0.480 e. The van der Waals surface area contributed by atoms with E-state index in [-0.39, 0.29) is 5.91 Å². The number of hydrogen-bond donors (Lipinski definition) is 2. The van der Waals surface area contributed by atoms with Crippen LogP contribution >= 0.6 is 0 Å². The molecule has 0 bridgehead atoms. The third-order valence-corrected chi connectivity index (χ3v) is 2.90. The van der Waals surface area contributed by atoms with Gasteiger partial charge in [0.2, 0.25) is 5.91 Å². The Bertz CT molecular complexity index is 263. The van der Waals surface area contributed by atoms with Crippen LogP contribution in [0.25, 0.3) is 0 Å². The quantitative estimate of drug-likeness (QED) is 0.596. The van der Waals surface area contributed by atoms with Gasteiger partial charge in [0.05, 0.1) is 0 Å². The number of hydrogen-bond acceptors (Lipinski definition) is 3. The van der Waals surface area contributed by atoms with E-state index in [9.17, 15) is 9.59 Å². The number of carbonyl (C=O) groups excluding carboxylic acids is 1. The first-order valence-corrected chi connectivity index (χ1v) is 6.14. The Hall–Kier alpha value is -1.10. The van der Waals surface area contributed by atoms with Gasteiger partial charge in [0, 0.05) is 20.1 Å². The molecule has 5 heteroatoms. The first-order chi connectivity index (χ1) is 8.13. The van der Waals surface area contributed by atoms with Crippen molar-refractivity contribution in [1.82, 2.24) is 5.32 Å². The Balaban J connectivity index is 2.18. The van der Waals surface area contributed by atoms with Crippen molar-refractivity contribution in [1.29, 1.82) is 0 Å². The van der Waals surface area contributed by atoms with Crippen molar-refractivity contribution in [2.45, 2.75) is 44.6 Å². The molecular weight excluding hydrogens is 222 g/mol. The number of carboxylic acid groups (broad SMARTS) is 1. The first-order valence-electron chi connectivity index (χ1n) is 6.14. The number of aliphatic carboxylic acids is 1. The molecule has 0 aliphatic heterocycles. The van der Waals surface area contributed by atoms with Gasteiger partial charge in [-0.05, 0) is 25.2 Å². The molecule has 2 N–H and O–H groups in total.